The van der Waals surface area contributed by atoms with Crippen molar-refractivity contribution in [2.24, 2.45) is 5.92 Å². The highest BCUT2D eigenvalue weighted by Crippen LogP contribution is 2.36. The highest BCUT2D eigenvalue weighted by atomic mass is 32.2. The molecule has 0 spiro atoms. The fourth-order valence-electron chi connectivity index (χ4n) is 3.13. The smallest absolute Gasteiger partial charge is 0.350 e. The van der Waals surface area contributed by atoms with E-state index in [9.17, 15) is 18.0 Å². The van der Waals surface area contributed by atoms with Crippen LogP contribution in [0.15, 0.2) is 35.2 Å². The second-order valence-corrected chi connectivity index (χ2v) is 7.39. The van der Waals surface area contributed by atoms with Gasteiger partial charge in [0.1, 0.15) is 0 Å². The van der Waals surface area contributed by atoms with Crippen LogP contribution < -0.4 is 0 Å². The molecule has 2 saturated heterocycles. The zero-order chi connectivity index (χ0) is 18.6. The quantitative estimate of drug-likeness (QED) is 0.580. The van der Waals surface area contributed by atoms with Gasteiger partial charge < -0.3 is 14.4 Å². The summed E-state index contributed by atoms with van der Waals surface area (Å²) in [5, 5.41) is 0. The first kappa shape index (κ1) is 19.3. The summed E-state index contributed by atoms with van der Waals surface area (Å²) in [7, 11) is 0. The molecule has 1 unspecified atom stereocenters. The van der Waals surface area contributed by atoms with Gasteiger partial charge in [0.2, 0.25) is 5.91 Å². The minimum absolute atomic E-state index is 0.110. The average molecular weight is 387 g/mol. The molecule has 1 aromatic carbocycles. The van der Waals surface area contributed by atoms with Crippen molar-refractivity contribution in [3.8, 4) is 0 Å². The number of halogens is 3. The summed E-state index contributed by atoms with van der Waals surface area (Å²) in [6, 6.07) is 5.93. The second-order valence-electron chi connectivity index (χ2n) is 6.25. The molecular weight excluding hydrogens is 367 g/mol. The average Bonchev–Trinajstić information content (AvgIpc) is 3.14. The van der Waals surface area contributed by atoms with E-state index in [4.69, 9.17) is 9.47 Å². The van der Waals surface area contributed by atoms with Gasteiger partial charge in [-0.25, -0.2) is 0 Å². The molecule has 0 bridgehead atoms. The maximum atomic E-state index is 12.4. The van der Waals surface area contributed by atoms with Gasteiger partial charge in [0.05, 0.1) is 13.2 Å². The van der Waals surface area contributed by atoms with E-state index in [1.807, 2.05) is 0 Å². The number of amides is 1. The van der Waals surface area contributed by atoms with Gasteiger partial charge in [-0.1, -0.05) is 12.1 Å². The van der Waals surface area contributed by atoms with Crippen molar-refractivity contribution in [1.82, 2.24) is 4.90 Å². The third-order valence-electron chi connectivity index (χ3n) is 4.33. The van der Waals surface area contributed by atoms with E-state index in [0.29, 0.717) is 31.9 Å². The molecule has 2 fully saturated rings. The number of alkyl halides is 3. The van der Waals surface area contributed by atoms with Crippen LogP contribution in [0.3, 0.4) is 0 Å². The van der Waals surface area contributed by atoms with Crippen LogP contribution in [0.5, 0.6) is 0 Å². The van der Waals surface area contributed by atoms with Gasteiger partial charge >= 0.3 is 5.51 Å². The number of carbonyl (C=O) groups excluding carboxylic acids is 1. The molecule has 0 radical (unpaired) electrons. The van der Waals surface area contributed by atoms with Crippen molar-refractivity contribution >= 4 is 23.7 Å². The fraction of sp³-hybridized carbons (Fsp3) is 0.500. The highest BCUT2D eigenvalue weighted by Gasteiger charge is 2.32. The van der Waals surface area contributed by atoms with Crippen LogP contribution >= 0.6 is 11.8 Å². The second kappa shape index (κ2) is 8.45. The van der Waals surface area contributed by atoms with Crippen LogP contribution in [0.2, 0.25) is 0 Å². The molecule has 1 atom stereocenters. The van der Waals surface area contributed by atoms with Crippen LogP contribution in [0.25, 0.3) is 6.08 Å². The van der Waals surface area contributed by atoms with Crippen molar-refractivity contribution in [2.75, 3.05) is 26.3 Å². The zero-order valence-electron chi connectivity index (χ0n) is 14.1. The molecule has 3 rings (SSSR count). The Morgan fingerprint density at radius 2 is 1.88 bits per heavy atom. The van der Waals surface area contributed by atoms with E-state index in [1.54, 1.807) is 23.1 Å². The lowest BCUT2D eigenvalue weighted by Crippen LogP contribution is -2.43. The minimum atomic E-state index is -4.30. The summed E-state index contributed by atoms with van der Waals surface area (Å²) in [5.41, 5.74) is -3.62. The van der Waals surface area contributed by atoms with Crippen molar-refractivity contribution in [2.45, 2.75) is 29.5 Å². The Morgan fingerprint density at radius 3 is 2.54 bits per heavy atom. The van der Waals surface area contributed by atoms with E-state index in [2.05, 4.69) is 0 Å². The van der Waals surface area contributed by atoms with E-state index in [0.717, 1.165) is 12.8 Å². The molecule has 2 heterocycles. The largest absolute Gasteiger partial charge is 0.446 e. The maximum Gasteiger partial charge on any atom is 0.446 e. The van der Waals surface area contributed by atoms with E-state index < -0.39 is 5.51 Å². The number of carbonyl (C=O) groups is 1. The molecule has 0 aromatic heterocycles. The number of thioether (sulfide) groups is 1. The van der Waals surface area contributed by atoms with Gasteiger partial charge in [-0.05, 0) is 48.4 Å². The summed E-state index contributed by atoms with van der Waals surface area (Å²) in [4.78, 5) is 14.3. The SMILES string of the molecule is O=C(/C=C/c1ccc(SC(F)(F)F)cc1)N1CCCC(C2OCCO2)C1. The lowest BCUT2D eigenvalue weighted by atomic mass is 9.97. The molecule has 0 N–H and O–H groups in total. The van der Waals surface area contributed by atoms with Crippen LogP contribution in [0, 0.1) is 5.92 Å². The van der Waals surface area contributed by atoms with Crippen LogP contribution in [-0.2, 0) is 14.3 Å². The van der Waals surface area contributed by atoms with Gasteiger partial charge in [-0.3, -0.25) is 4.79 Å². The summed E-state index contributed by atoms with van der Waals surface area (Å²) >= 11 is -0.154. The number of hydrogen-bond acceptors (Lipinski definition) is 4. The highest BCUT2D eigenvalue weighted by molar-refractivity contribution is 8.00. The van der Waals surface area contributed by atoms with Crippen LogP contribution in [0.4, 0.5) is 13.2 Å². The third-order valence-corrected chi connectivity index (χ3v) is 5.07. The predicted octanol–water partition coefficient (Wildman–Crippen LogP) is 3.92. The Labute approximate surface area is 154 Å². The van der Waals surface area contributed by atoms with Crippen molar-refractivity contribution in [3.05, 3.63) is 35.9 Å². The lowest BCUT2D eigenvalue weighted by Gasteiger charge is -2.34. The van der Waals surface area contributed by atoms with Crippen molar-refractivity contribution < 1.29 is 27.4 Å². The number of rotatable bonds is 4. The number of benzene rings is 1. The van der Waals surface area contributed by atoms with Crippen LogP contribution in [-0.4, -0.2) is 48.9 Å². The van der Waals surface area contributed by atoms with Crippen molar-refractivity contribution in [1.29, 1.82) is 0 Å². The Kier molecular flexibility index (Phi) is 6.26. The first-order chi connectivity index (χ1) is 12.4. The summed E-state index contributed by atoms with van der Waals surface area (Å²) in [6.07, 6.45) is 4.72. The summed E-state index contributed by atoms with van der Waals surface area (Å²) in [6.45, 7) is 2.47. The zero-order valence-corrected chi connectivity index (χ0v) is 14.9. The van der Waals surface area contributed by atoms with Crippen LogP contribution in [0.1, 0.15) is 18.4 Å². The molecular formula is C18H20F3NO3S. The molecule has 1 amide bonds. The number of ether oxygens (including phenoxy) is 2. The Hall–Kier alpha value is -1.51. The summed E-state index contributed by atoms with van der Waals surface area (Å²) < 4.78 is 48.0. The van der Waals surface area contributed by atoms with Gasteiger partial charge in [0, 0.05) is 30.0 Å². The molecule has 2 aliphatic heterocycles. The number of hydrogen-bond donors (Lipinski definition) is 0. The van der Waals surface area contributed by atoms with Gasteiger partial charge in [0.25, 0.3) is 0 Å². The predicted molar refractivity (Wildman–Crippen MR) is 92.4 cm³/mol. The van der Waals surface area contributed by atoms with Crippen molar-refractivity contribution in [3.63, 3.8) is 0 Å². The molecule has 2 aliphatic rings. The third kappa shape index (κ3) is 5.49. The van der Waals surface area contributed by atoms with E-state index in [-0.39, 0.29) is 34.8 Å². The molecule has 0 saturated carbocycles. The Morgan fingerprint density at radius 1 is 1.19 bits per heavy atom. The molecule has 0 aliphatic carbocycles. The molecule has 26 heavy (non-hydrogen) atoms. The Balaban J connectivity index is 1.55. The molecule has 8 heteroatoms. The number of piperidine rings is 1. The monoisotopic (exact) mass is 387 g/mol. The van der Waals surface area contributed by atoms with E-state index >= 15 is 0 Å². The first-order valence-electron chi connectivity index (χ1n) is 8.47. The minimum Gasteiger partial charge on any atom is -0.350 e. The maximum absolute atomic E-state index is 12.4. The molecule has 4 nitrogen and oxygen atoms in total. The first-order valence-corrected chi connectivity index (χ1v) is 9.28. The number of likely N-dealkylation sites (tertiary alicyclic amines) is 1. The van der Waals surface area contributed by atoms with Gasteiger partial charge in [-0.15, -0.1) is 0 Å². The number of nitrogens with zero attached hydrogens (tertiary/aromatic N) is 1. The molecule has 1 aromatic rings. The fourth-order valence-corrected chi connectivity index (χ4v) is 3.67. The van der Waals surface area contributed by atoms with Gasteiger partial charge in [-0.2, -0.15) is 13.2 Å². The summed E-state index contributed by atoms with van der Waals surface area (Å²) in [5.74, 6) is 0.0729. The molecule has 142 valence electrons. The lowest BCUT2D eigenvalue weighted by molar-refractivity contribution is -0.134. The topological polar surface area (TPSA) is 38.8 Å². The Bertz CT molecular complexity index is 642. The normalized spacial score (nSPS) is 22.3. The van der Waals surface area contributed by atoms with E-state index in [1.165, 1.54) is 18.2 Å². The van der Waals surface area contributed by atoms with Gasteiger partial charge in [0.15, 0.2) is 6.29 Å². The standard InChI is InChI=1S/C18H20F3NO3S/c19-18(20,21)26-15-6-3-13(4-7-15)5-8-16(23)22-9-1-2-14(12-22)17-24-10-11-25-17/h3-8,14,17H,1-2,9-12H2/b8-5+.